The summed E-state index contributed by atoms with van der Waals surface area (Å²) in [4.78, 5) is 2.30. The van der Waals surface area contributed by atoms with Crippen LogP contribution < -0.4 is 0 Å². The van der Waals surface area contributed by atoms with Gasteiger partial charge in [0.2, 0.25) is 0 Å². The van der Waals surface area contributed by atoms with Gasteiger partial charge < -0.3 is 14.6 Å². The Morgan fingerprint density at radius 1 is 1.35 bits per heavy atom. The molecule has 1 aromatic rings. The highest BCUT2D eigenvalue weighted by atomic mass is 79.9. The molecule has 0 amide bonds. The third-order valence-corrected chi connectivity index (χ3v) is 4.51. The Labute approximate surface area is 127 Å². The first kappa shape index (κ1) is 14.3. The van der Waals surface area contributed by atoms with Gasteiger partial charge in [-0.2, -0.15) is 0 Å². The number of phenols is 1. The molecule has 2 heterocycles. The van der Waals surface area contributed by atoms with Crippen LogP contribution in [0.3, 0.4) is 0 Å². The number of hydrogen-bond acceptors (Lipinski definition) is 4. The van der Waals surface area contributed by atoms with Crippen LogP contribution in [0.15, 0.2) is 16.6 Å². The van der Waals surface area contributed by atoms with Gasteiger partial charge in [0.25, 0.3) is 0 Å². The predicted molar refractivity (Wildman–Crippen MR) is 79.7 cm³/mol. The Morgan fingerprint density at radius 3 is 2.85 bits per heavy atom. The van der Waals surface area contributed by atoms with Crippen molar-refractivity contribution < 1.29 is 14.6 Å². The normalized spacial score (nSPS) is 22.5. The zero-order chi connectivity index (χ0) is 14.2. The molecule has 1 spiro atoms. The van der Waals surface area contributed by atoms with Gasteiger partial charge in [-0.3, -0.25) is 4.90 Å². The number of piperidine rings is 1. The SMILES string of the molecule is Cc1cc(Br)cc(CN2CCCC3(C2)OCCO3)c1O. The Balaban J connectivity index is 1.74. The second-order valence-corrected chi connectivity index (χ2v) is 6.57. The highest BCUT2D eigenvalue weighted by Crippen LogP contribution is 2.33. The summed E-state index contributed by atoms with van der Waals surface area (Å²) < 4.78 is 12.6. The second kappa shape index (κ2) is 5.64. The summed E-state index contributed by atoms with van der Waals surface area (Å²) >= 11 is 3.49. The molecule has 2 aliphatic heterocycles. The third-order valence-electron chi connectivity index (χ3n) is 4.05. The van der Waals surface area contributed by atoms with Crippen LogP contribution in [0.25, 0.3) is 0 Å². The molecule has 0 aromatic heterocycles. The van der Waals surface area contributed by atoms with Crippen molar-refractivity contribution in [2.75, 3.05) is 26.3 Å². The van der Waals surface area contributed by atoms with Crippen molar-refractivity contribution in [3.63, 3.8) is 0 Å². The van der Waals surface area contributed by atoms with Gasteiger partial charge in [0.05, 0.1) is 19.8 Å². The number of rotatable bonds is 2. The second-order valence-electron chi connectivity index (χ2n) is 5.65. The summed E-state index contributed by atoms with van der Waals surface area (Å²) in [5, 5.41) is 10.2. The lowest BCUT2D eigenvalue weighted by atomic mass is 10.0. The van der Waals surface area contributed by atoms with Crippen LogP contribution in [0.2, 0.25) is 0 Å². The molecule has 110 valence electrons. The minimum absolute atomic E-state index is 0.390. The fourth-order valence-corrected chi connectivity index (χ4v) is 3.72. The van der Waals surface area contributed by atoms with E-state index in [1.54, 1.807) is 0 Å². The molecule has 5 heteroatoms. The Morgan fingerprint density at radius 2 is 2.10 bits per heavy atom. The van der Waals surface area contributed by atoms with Crippen LogP contribution in [0, 0.1) is 6.92 Å². The van der Waals surface area contributed by atoms with Crippen molar-refractivity contribution in [3.05, 3.63) is 27.7 Å². The molecule has 0 bridgehead atoms. The number of nitrogens with zero attached hydrogens (tertiary/aromatic N) is 1. The van der Waals surface area contributed by atoms with E-state index >= 15 is 0 Å². The van der Waals surface area contributed by atoms with E-state index in [4.69, 9.17) is 9.47 Å². The third kappa shape index (κ3) is 2.86. The minimum atomic E-state index is -0.408. The molecule has 2 aliphatic rings. The van der Waals surface area contributed by atoms with Gasteiger partial charge in [0, 0.05) is 23.0 Å². The van der Waals surface area contributed by atoms with E-state index in [2.05, 4.69) is 20.8 Å². The van der Waals surface area contributed by atoms with Crippen molar-refractivity contribution in [1.82, 2.24) is 4.90 Å². The number of hydrogen-bond donors (Lipinski definition) is 1. The maximum absolute atomic E-state index is 10.2. The largest absolute Gasteiger partial charge is 0.507 e. The Kier molecular flexibility index (Phi) is 4.04. The molecule has 1 N–H and O–H groups in total. The first-order valence-electron chi connectivity index (χ1n) is 7.06. The van der Waals surface area contributed by atoms with Crippen molar-refractivity contribution in [3.8, 4) is 5.75 Å². The molecule has 2 fully saturated rings. The predicted octanol–water partition coefficient (Wildman–Crippen LogP) is 2.80. The molecule has 0 atom stereocenters. The lowest BCUT2D eigenvalue weighted by Gasteiger charge is -2.38. The van der Waals surface area contributed by atoms with Gasteiger partial charge in [0.1, 0.15) is 5.75 Å². The summed E-state index contributed by atoms with van der Waals surface area (Å²) in [5.74, 6) is -0.0179. The summed E-state index contributed by atoms with van der Waals surface area (Å²) in [5.41, 5.74) is 1.85. The maximum atomic E-state index is 10.2. The number of phenolic OH excluding ortho intramolecular Hbond substituents is 1. The van der Waals surface area contributed by atoms with E-state index in [1.807, 2.05) is 19.1 Å². The number of ether oxygens (including phenoxy) is 2. The summed E-state index contributed by atoms with van der Waals surface area (Å²) in [7, 11) is 0. The molecular formula is C15H20BrNO3. The number of likely N-dealkylation sites (tertiary alicyclic amines) is 1. The fourth-order valence-electron chi connectivity index (χ4n) is 3.10. The molecular weight excluding hydrogens is 322 g/mol. The van der Waals surface area contributed by atoms with Crippen molar-refractivity contribution in [1.29, 1.82) is 0 Å². The van der Waals surface area contributed by atoms with Gasteiger partial charge in [-0.1, -0.05) is 15.9 Å². The van der Waals surface area contributed by atoms with Crippen molar-refractivity contribution >= 4 is 15.9 Å². The van der Waals surface area contributed by atoms with Crippen LogP contribution in [-0.4, -0.2) is 42.1 Å². The van der Waals surface area contributed by atoms with E-state index in [1.165, 1.54) is 0 Å². The quantitative estimate of drug-likeness (QED) is 0.898. The van der Waals surface area contributed by atoms with Gasteiger partial charge in [-0.05, 0) is 37.6 Å². The highest BCUT2D eigenvalue weighted by Gasteiger charge is 2.40. The fraction of sp³-hybridized carbons (Fsp3) is 0.600. The standard InChI is InChI=1S/C15H20BrNO3/c1-11-7-13(16)8-12(14(11)18)9-17-4-2-3-15(10-17)19-5-6-20-15/h7-8,18H,2-6,9-10H2,1H3. The molecule has 0 saturated carbocycles. The molecule has 3 rings (SSSR count). The van der Waals surface area contributed by atoms with Crippen LogP contribution >= 0.6 is 15.9 Å². The van der Waals surface area contributed by atoms with Crippen molar-refractivity contribution in [2.24, 2.45) is 0 Å². The topological polar surface area (TPSA) is 41.9 Å². The molecule has 1 aromatic carbocycles. The summed E-state index contributed by atoms with van der Waals surface area (Å²) in [6, 6.07) is 3.92. The van der Waals surface area contributed by atoms with E-state index in [0.29, 0.717) is 19.0 Å². The van der Waals surface area contributed by atoms with E-state index in [0.717, 1.165) is 48.1 Å². The van der Waals surface area contributed by atoms with Crippen molar-refractivity contribution in [2.45, 2.75) is 32.1 Å². The number of aromatic hydroxyl groups is 1. The smallest absolute Gasteiger partial charge is 0.181 e. The van der Waals surface area contributed by atoms with Gasteiger partial charge in [-0.15, -0.1) is 0 Å². The van der Waals surface area contributed by atoms with E-state index in [9.17, 15) is 5.11 Å². The number of aryl methyl sites for hydroxylation is 1. The zero-order valence-electron chi connectivity index (χ0n) is 11.7. The monoisotopic (exact) mass is 341 g/mol. The summed E-state index contributed by atoms with van der Waals surface area (Å²) in [6.07, 6.45) is 2.03. The van der Waals surface area contributed by atoms with E-state index < -0.39 is 5.79 Å². The van der Waals surface area contributed by atoms with Crippen LogP contribution in [0.4, 0.5) is 0 Å². The first-order valence-corrected chi connectivity index (χ1v) is 7.86. The van der Waals surface area contributed by atoms with Crippen LogP contribution in [0.1, 0.15) is 24.0 Å². The molecule has 0 unspecified atom stereocenters. The molecule has 4 nitrogen and oxygen atoms in total. The van der Waals surface area contributed by atoms with Crippen LogP contribution in [-0.2, 0) is 16.0 Å². The average molecular weight is 342 g/mol. The Hall–Kier alpha value is -0.620. The minimum Gasteiger partial charge on any atom is -0.507 e. The van der Waals surface area contributed by atoms with Gasteiger partial charge in [0.15, 0.2) is 5.79 Å². The van der Waals surface area contributed by atoms with Gasteiger partial charge >= 0.3 is 0 Å². The zero-order valence-corrected chi connectivity index (χ0v) is 13.3. The molecule has 2 saturated heterocycles. The highest BCUT2D eigenvalue weighted by molar-refractivity contribution is 9.10. The van der Waals surface area contributed by atoms with Gasteiger partial charge in [-0.25, -0.2) is 0 Å². The molecule has 0 radical (unpaired) electrons. The average Bonchev–Trinajstić information content (AvgIpc) is 2.83. The summed E-state index contributed by atoms with van der Waals surface area (Å²) in [6.45, 7) is 5.81. The lowest BCUT2D eigenvalue weighted by molar-refractivity contribution is -0.190. The number of halogens is 1. The Bertz CT molecular complexity index is 500. The lowest BCUT2D eigenvalue weighted by Crippen LogP contribution is -2.48. The van der Waals surface area contributed by atoms with Crippen LogP contribution in [0.5, 0.6) is 5.75 Å². The first-order chi connectivity index (χ1) is 9.58. The number of benzene rings is 1. The maximum Gasteiger partial charge on any atom is 0.181 e. The molecule has 20 heavy (non-hydrogen) atoms. The van der Waals surface area contributed by atoms with E-state index in [-0.39, 0.29) is 0 Å². The molecule has 0 aliphatic carbocycles.